The maximum atomic E-state index is 11.8. The van der Waals surface area contributed by atoms with Gasteiger partial charge in [-0.15, -0.1) is 0 Å². The van der Waals surface area contributed by atoms with Crippen molar-refractivity contribution in [1.29, 1.82) is 0 Å². The van der Waals surface area contributed by atoms with Crippen molar-refractivity contribution < 1.29 is 14.1 Å². The third kappa shape index (κ3) is 3.37. The van der Waals surface area contributed by atoms with Crippen molar-refractivity contribution in [3.63, 3.8) is 0 Å². The molecular weight excluding hydrogens is 320 g/mol. The van der Waals surface area contributed by atoms with Crippen molar-refractivity contribution >= 4 is 11.6 Å². The SMILES string of the molecule is CC[C@H]1Oc2cc([C@H](C)NCc3nc(C4CC4)no3)ccc2NC1=O. The van der Waals surface area contributed by atoms with Crippen LogP contribution in [-0.2, 0) is 11.3 Å². The van der Waals surface area contributed by atoms with Crippen LogP contribution in [0.3, 0.4) is 0 Å². The molecule has 4 rings (SSSR count). The summed E-state index contributed by atoms with van der Waals surface area (Å²) in [4.78, 5) is 16.3. The Morgan fingerprint density at radius 3 is 3.00 bits per heavy atom. The van der Waals surface area contributed by atoms with Crippen LogP contribution in [0.4, 0.5) is 5.69 Å². The first-order valence-corrected chi connectivity index (χ1v) is 8.81. The van der Waals surface area contributed by atoms with E-state index in [1.54, 1.807) is 0 Å². The summed E-state index contributed by atoms with van der Waals surface area (Å²) in [5.41, 5.74) is 1.79. The molecule has 2 aliphatic rings. The largest absolute Gasteiger partial charge is 0.478 e. The lowest BCUT2D eigenvalue weighted by molar-refractivity contribution is -0.123. The zero-order valence-corrected chi connectivity index (χ0v) is 14.4. The molecule has 1 amide bonds. The monoisotopic (exact) mass is 342 g/mol. The van der Waals surface area contributed by atoms with Gasteiger partial charge >= 0.3 is 0 Å². The molecule has 1 aromatic heterocycles. The number of carbonyl (C=O) groups excluding carboxylic acids is 1. The normalized spacial score (nSPS) is 20.6. The number of benzene rings is 1. The summed E-state index contributed by atoms with van der Waals surface area (Å²) < 4.78 is 11.1. The van der Waals surface area contributed by atoms with E-state index in [0.717, 1.165) is 29.9 Å². The van der Waals surface area contributed by atoms with Crippen molar-refractivity contribution in [2.75, 3.05) is 5.32 Å². The summed E-state index contributed by atoms with van der Waals surface area (Å²) in [6.45, 7) is 4.52. The van der Waals surface area contributed by atoms with Crippen molar-refractivity contribution in [1.82, 2.24) is 15.5 Å². The highest BCUT2D eigenvalue weighted by Gasteiger charge is 2.29. The minimum atomic E-state index is -0.426. The Kier molecular flexibility index (Phi) is 4.17. The van der Waals surface area contributed by atoms with Gasteiger partial charge in [0.25, 0.3) is 5.91 Å². The number of amides is 1. The van der Waals surface area contributed by atoms with E-state index < -0.39 is 6.10 Å². The lowest BCUT2D eigenvalue weighted by Gasteiger charge is -2.26. The van der Waals surface area contributed by atoms with E-state index in [0.29, 0.717) is 30.5 Å². The maximum absolute atomic E-state index is 11.8. The Labute approximate surface area is 146 Å². The third-order valence-corrected chi connectivity index (χ3v) is 4.68. The molecule has 0 saturated heterocycles. The highest BCUT2D eigenvalue weighted by Crippen LogP contribution is 2.38. The Morgan fingerprint density at radius 1 is 1.40 bits per heavy atom. The van der Waals surface area contributed by atoms with Gasteiger partial charge in [0, 0.05) is 12.0 Å². The summed E-state index contributed by atoms with van der Waals surface area (Å²) in [5.74, 6) is 2.56. The second-order valence-corrected chi connectivity index (χ2v) is 6.68. The maximum Gasteiger partial charge on any atom is 0.265 e. The first-order chi connectivity index (χ1) is 12.1. The van der Waals surface area contributed by atoms with Crippen LogP contribution in [0.15, 0.2) is 22.7 Å². The van der Waals surface area contributed by atoms with Gasteiger partial charge in [0.1, 0.15) is 5.75 Å². The van der Waals surface area contributed by atoms with Crippen LogP contribution in [0.5, 0.6) is 5.75 Å². The molecule has 7 nitrogen and oxygen atoms in total. The molecule has 2 heterocycles. The molecule has 0 spiro atoms. The Balaban J connectivity index is 1.41. The van der Waals surface area contributed by atoms with Gasteiger partial charge in [-0.2, -0.15) is 4.98 Å². The first-order valence-electron chi connectivity index (χ1n) is 8.81. The van der Waals surface area contributed by atoms with Gasteiger partial charge in [0.2, 0.25) is 5.89 Å². The van der Waals surface area contributed by atoms with Crippen molar-refractivity contribution in [2.45, 2.75) is 57.7 Å². The number of ether oxygens (including phenoxy) is 1. The smallest absolute Gasteiger partial charge is 0.265 e. The van der Waals surface area contributed by atoms with Crippen LogP contribution in [0.25, 0.3) is 0 Å². The summed E-state index contributed by atoms with van der Waals surface area (Å²) in [6, 6.07) is 5.92. The standard InChI is InChI=1S/C18H22N4O3/c1-3-14-18(23)20-13-7-6-12(8-15(13)24-14)10(2)19-9-16-21-17(22-25-16)11-4-5-11/h6-8,10-11,14,19H,3-5,9H2,1-2H3,(H,20,23)/t10-,14+/m0/s1. The quantitative estimate of drug-likeness (QED) is 0.839. The van der Waals surface area contributed by atoms with E-state index in [9.17, 15) is 4.79 Å². The Hall–Kier alpha value is -2.41. The van der Waals surface area contributed by atoms with E-state index >= 15 is 0 Å². The molecule has 1 aromatic carbocycles. The molecule has 1 fully saturated rings. The number of hydrogen-bond acceptors (Lipinski definition) is 6. The van der Waals surface area contributed by atoms with Gasteiger partial charge < -0.3 is 19.9 Å². The second-order valence-electron chi connectivity index (χ2n) is 6.68. The van der Waals surface area contributed by atoms with Gasteiger partial charge in [0.15, 0.2) is 11.9 Å². The lowest BCUT2D eigenvalue weighted by atomic mass is 10.1. The first kappa shape index (κ1) is 16.1. The van der Waals surface area contributed by atoms with Crippen LogP contribution >= 0.6 is 0 Å². The van der Waals surface area contributed by atoms with Crippen molar-refractivity contribution in [3.05, 3.63) is 35.5 Å². The molecule has 1 aliphatic heterocycles. The summed E-state index contributed by atoms with van der Waals surface area (Å²) in [5, 5.41) is 10.3. The predicted molar refractivity (Wildman–Crippen MR) is 91.3 cm³/mol. The van der Waals surface area contributed by atoms with E-state index in [2.05, 4.69) is 27.7 Å². The topological polar surface area (TPSA) is 89.3 Å². The number of rotatable bonds is 6. The summed E-state index contributed by atoms with van der Waals surface area (Å²) >= 11 is 0. The molecular formula is C18H22N4O3. The number of fused-ring (bicyclic) bond motifs is 1. The van der Waals surface area contributed by atoms with Crippen LogP contribution in [0.2, 0.25) is 0 Å². The highest BCUT2D eigenvalue weighted by atomic mass is 16.5. The number of aromatic nitrogens is 2. The highest BCUT2D eigenvalue weighted by molar-refractivity contribution is 5.97. The average Bonchev–Trinajstić information content (AvgIpc) is 3.37. The van der Waals surface area contributed by atoms with Crippen LogP contribution in [0.1, 0.15) is 62.3 Å². The van der Waals surface area contributed by atoms with Gasteiger partial charge in [-0.25, -0.2) is 0 Å². The van der Waals surface area contributed by atoms with Gasteiger partial charge in [-0.1, -0.05) is 18.1 Å². The third-order valence-electron chi connectivity index (χ3n) is 4.68. The molecule has 1 aliphatic carbocycles. The number of nitrogens with one attached hydrogen (secondary N) is 2. The van der Waals surface area contributed by atoms with E-state index in [1.165, 1.54) is 0 Å². The van der Waals surface area contributed by atoms with Crippen LogP contribution < -0.4 is 15.4 Å². The van der Waals surface area contributed by atoms with E-state index in [-0.39, 0.29) is 11.9 Å². The molecule has 2 aromatic rings. The number of carbonyl (C=O) groups is 1. The summed E-state index contributed by atoms with van der Waals surface area (Å²) in [7, 11) is 0. The minimum Gasteiger partial charge on any atom is -0.478 e. The average molecular weight is 342 g/mol. The van der Waals surface area contributed by atoms with Crippen LogP contribution in [0, 0.1) is 0 Å². The number of anilines is 1. The number of nitrogens with zero attached hydrogens (tertiary/aromatic N) is 2. The van der Waals surface area contributed by atoms with Crippen molar-refractivity contribution in [3.8, 4) is 5.75 Å². The number of hydrogen-bond donors (Lipinski definition) is 2. The van der Waals surface area contributed by atoms with Crippen LogP contribution in [-0.4, -0.2) is 22.2 Å². The molecule has 2 N–H and O–H groups in total. The van der Waals surface area contributed by atoms with Gasteiger partial charge in [-0.05, 0) is 43.9 Å². The molecule has 0 radical (unpaired) electrons. The Bertz CT molecular complexity index is 784. The minimum absolute atomic E-state index is 0.0860. The van der Waals surface area contributed by atoms with Gasteiger partial charge in [0.05, 0.1) is 12.2 Å². The molecule has 25 heavy (non-hydrogen) atoms. The Morgan fingerprint density at radius 2 is 2.24 bits per heavy atom. The summed E-state index contributed by atoms with van der Waals surface area (Å²) in [6.07, 6.45) is 2.54. The lowest BCUT2D eigenvalue weighted by Crippen LogP contribution is -2.36. The zero-order valence-electron chi connectivity index (χ0n) is 14.4. The molecule has 7 heteroatoms. The van der Waals surface area contributed by atoms with E-state index in [1.807, 2.05) is 25.1 Å². The molecule has 2 atom stereocenters. The second kappa shape index (κ2) is 6.48. The zero-order chi connectivity index (χ0) is 17.4. The fourth-order valence-corrected chi connectivity index (χ4v) is 2.90. The fraction of sp³-hybridized carbons (Fsp3) is 0.500. The molecule has 0 unspecified atom stereocenters. The molecule has 0 bridgehead atoms. The molecule has 1 saturated carbocycles. The van der Waals surface area contributed by atoms with E-state index in [4.69, 9.17) is 9.26 Å². The predicted octanol–water partition coefficient (Wildman–Crippen LogP) is 2.91. The fourth-order valence-electron chi connectivity index (χ4n) is 2.90. The van der Waals surface area contributed by atoms with Gasteiger partial charge in [-0.3, -0.25) is 4.79 Å². The molecule has 132 valence electrons. The van der Waals surface area contributed by atoms with Crippen molar-refractivity contribution in [2.24, 2.45) is 0 Å².